The van der Waals surface area contributed by atoms with Gasteiger partial charge in [0, 0.05) is 5.56 Å². The number of halogens is 1. The predicted octanol–water partition coefficient (Wildman–Crippen LogP) is 3.27. The number of isocyanates is 1. The molecule has 16 heavy (non-hydrogen) atoms. The van der Waals surface area contributed by atoms with Crippen molar-refractivity contribution in [2.24, 2.45) is 4.99 Å². The Morgan fingerprint density at radius 1 is 1.50 bits per heavy atom. The summed E-state index contributed by atoms with van der Waals surface area (Å²) in [5.74, 6) is -0.0202. The quantitative estimate of drug-likeness (QED) is 0.592. The van der Waals surface area contributed by atoms with Crippen LogP contribution in [0.25, 0.3) is 11.3 Å². The summed E-state index contributed by atoms with van der Waals surface area (Å²) in [7, 11) is 0. The summed E-state index contributed by atoms with van der Waals surface area (Å²) in [6.07, 6.45) is 1.36. The third-order valence-electron chi connectivity index (χ3n) is 2.06. The van der Waals surface area contributed by atoms with Crippen LogP contribution in [0, 0.1) is 6.92 Å². The highest BCUT2D eigenvalue weighted by Gasteiger charge is 2.15. The van der Waals surface area contributed by atoms with Crippen molar-refractivity contribution in [1.82, 2.24) is 5.16 Å². The van der Waals surface area contributed by atoms with Gasteiger partial charge < -0.3 is 4.52 Å². The summed E-state index contributed by atoms with van der Waals surface area (Å²) in [6.45, 7) is 1.96. The maximum absolute atomic E-state index is 10.1. The van der Waals surface area contributed by atoms with E-state index in [1.165, 1.54) is 6.08 Å². The molecule has 0 unspecified atom stereocenters. The lowest BCUT2D eigenvalue weighted by atomic mass is 10.1. The molecule has 0 atom stereocenters. The first-order valence-corrected chi connectivity index (χ1v) is 4.90. The van der Waals surface area contributed by atoms with E-state index in [1.807, 2.05) is 31.2 Å². The maximum atomic E-state index is 10.1. The second kappa shape index (κ2) is 4.31. The van der Waals surface area contributed by atoms with Gasteiger partial charge in [-0.2, -0.15) is 0 Å². The number of carbonyl (C=O) groups excluding carboxylic acids is 1. The topological polar surface area (TPSA) is 55.5 Å². The number of rotatable bonds is 2. The summed E-state index contributed by atoms with van der Waals surface area (Å²) in [6, 6.07) is 7.61. The molecule has 1 heterocycles. The molecule has 0 saturated heterocycles. The second-order valence-corrected chi connectivity index (χ2v) is 3.60. The van der Waals surface area contributed by atoms with Gasteiger partial charge in [-0.15, -0.1) is 4.99 Å². The van der Waals surface area contributed by atoms with Crippen LogP contribution in [0.4, 0.5) is 5.88 Å². The van der Waals surface area contributed by atoms with Gasteiger partial charge in [-0.25, -0.2) is 4.79 Å². The SMILES string of the molecule is Cc1cccc(-c2noc(N=C=O)c2Cl)c1. The fourth-order valence-electron chi connectivity index (χ4n) is 1.35. The first-order valence-electron chi connectivity index (χ1n) is 4.52. The lowest BCUT2D eigenvalue weighted by molar-refractivity contribution is 0.432. The highest BCUT2D eigenvalue weighted by atomic mass is 35.5. The van der Waals surface area contributed by atoms with E-state index in [9.17, 15) is 4.79 Å². The molecule has 0 N–H and O–H groups in total. The first-order chi connectivity index (χ1) is 7.72. The highest BCUT2D eigenvalue weighted by Crippen LogP contribution is 2.34. The van der Waals surface area contributed by atoms with E-state index in [-0.39, 0.29) is 10.9 Å². The third-order valence-corrected chi connectivity index (χ3v) is 2.40. The standard InChI is InChI=1S/C11H7ClN2O2/c1-7-3-2-4-8(5-7)10-9(12)11(13-6-15)16-14-10/h2-5H,1H3. The molecule has 2 aromatic rings. The van der Waals surface area contributed by atoms with Crippen LogP contribution in [0.1, 0.15) is 5.56 Å². The van der Waals surface area contributed by atoms with Gasteiger partial charge in [0.25, 0.3) is 5.88 Å². The van der Waals surface area contributed by atoms with Crippen molar-refractivity contribution >= 4 is 23.6 Å². The molecule has 1 aromatic heterocycles. The van der Waals surface area contributed by atoms with Crippen LogP contribution in [0.2, 0.25) is 5.02 Å². The normalized spacial score (nSPS) is 9.88. The van der Waals surface area contributed by atoms with Gasteiger partial charge in [0.05, 0.1) is 0 Å². The van der Waals surface area contributed by atoms with Crippen LogP contribution < -0.4 is 0 Å². The van der Waals surface area contributed by atoms with E-state index in [4.69, 9.17) is 16.1 Å². The molecule has 0 saturated carbocycles. The zero-order valence-corrected chi connectivity index (χ0v) is 9.15. The summed E-state index contributed by atoms with van der Waals surface area (Å²) in [4.78, 5) is 13.4. The summed E-state index contributed by atoms with van der Waals surface area (Å²) >= 11 is 5.96. The second-order valence-electron chi connectivity index (χ2n) is 3.22. The van der Waals surface area contributed by atoms with Gasteiger partial charge in [0.2, 0.25) is 6.08 Å². The molecular formula is C11H7ClN2O2. The Kier molecular flexibility index (Phi) is 2.86. The number of hydrogen-bond donors (Lipinski definition) is 0. The molecule has 0 aliphatic carbocycles. The van der Waals surface area contributed by atoms with Crippen molar-refractivity contribution in [1.29, 1.82) is 0 Å². The van der Waals surface area contributed by atoms with E-state index in [1.54, 1.807) is 0 Å². The van der Waals surface area contributed by atoms with Gasteiger partial charge in [0.1, 0.15) is 10.7 Å². The van der Waals surface area contributed by atoms with Crippen molar-refractivity contribution in [2.45, 2.75) is 6.92 Å². The Labute approximate surface area is 96.5 Å². The monoisotopic (exact) mass is 234 g/mol. The predicted molar refractivity (Wildman–Crippen MR) is 59.5 cm³/mol. The zero-order chi connectivity index (χ0) is 11.5. The third kappa shape index (κ3) is 1.89. The summed E-state index contributed by atoms with van der Waals surface area (Å²) in [5, 5.41) is 3.98. The van der Waals surface area contributed by atoms with Crippen LogP contribution in [0.3, 0.4) is 0 Å². The maximum Gasteiger partial charge on any atom is 0.280 e. The lowest BCUT2D eigenvalue weighted by Crippen LogP contribution is -1.79. The Balaban J connectivity index is 2.53. The lowest BCUT2D eigenvalue weighted by Gasteiger charge is -1.97. The molecule has 0 amide bonds. The molecule has 0 aliphatic rings. The van der Waals surface area contributed by atoms with Crippen LogP contribution in [-0.4, -0.2) is 11.2 Å². The fraction of sp³-hybridized carbons (Fsp3) is 0.0909. The van der Waals surface area contributed by atoms with E-state index in [2.05, 4.69) is 10.1 Å². The number of hydrogen-bond acceptors (Lipinski definition) is 4. The van der Waals surface area contributed by atoms with Crippen molar-refractivity contribution < 1.29 is 9.32 Å². The molecule has 0 radical (unpaired) electrons. The van der Waals surface area contributed by atoms with E-state index >= 15 is 0 Å². The van der Waals surface area contributed by atoms with Crippen LogP contribution in [-0.2, 0) is 4.79 Å². The van der Waals surface area contributed by atoms with Crippen LogP contribution in [0.15, 0.2) is 33.8 Å². The zero-order valence-electron chi connectivity index (χ0n) is 8.40. The molecule has 0 fully saturated rings. The minimum absolute atomic E-state index is 0.0202. The number of benzene rings is 1. The molecule has 1 aromatic carbocycles. The fourth-order valence-corrected chi connectivity index (χ4v) is 1.57. The van der Waals surface area contributed by atoms with E-state index < -0.39 is 0 Å². The van der Waals surface area contributed by atoms with Gasteiger partial charge in [-0.3, -0.25) is 0 Å². The molecule has 2 rings (SSSR count). The molecule has 80 valence electrons. The average molecular weight is 235 g/mol. The molecule has 0 bridgehead atoms. The Hall–Kier alpha value is -1.90. The van der Waals surface area contributed by atoms with Gasteiger partial charge in [-0.05, 0) is 13.0 Å². The smallest absolute Gasteiger partial charge is 0.280 e. The van der Waals surface area contributed by atoms with Crippen molar-refractivity contribution in [3.05, 3.63) is 34.9 Å². The summed E-state index contributed by atoms with van der Waals surface area (Å²) < 4.78 is 4.82. The van der Waals surface area contributed by atoms with Crippen molar-refractivity contribution in [3.8, 4) is 11.3 Å². The Morgan fingerprint density at radius 2 is 2.31 bits per heavy atom. The van der Waals surface area contributed by atoms with Crippen molar-refractivity contribution in [3.63, 3.8) is 0 Å². The highest BCUT2D eigenvalue weighted by molar-refractivity contribution is 6.35. The van der Waals surface area contributed by atoms with Gasteiger partial charge in [-0.1, -0.05) is 40.5 Å². The summed E-state index contributed by atoms with van der Waals surface area (Å²) in [5.41, 5.74) is 2.37. The minimum Gasteiger partial charge on any atom is -0.333 e. The number of nitrogens with zero attached hydrogens (tertiary/aromatic N) is 2. The van der Waals surface area contributed by atoms with E-state index in [0.29, 0.717) is 5.69 Å². The van der Waals surface area contributed by atoms with Gasteiger partial charge >= 0.3 is 0 Å². The van der Waals surface area contributed by atoms with Crippen LogP contribution in [0.5, 0.6) is 0 Å². The first kappa shape index (κ1) is 10.6. The molecule has 5 heteroatoms. The largest absolute Gasteiger partial charge is 0.333 e. The van der Waals surface area contributed by atoms with E-state index in [0.717, 1.165) is 11.1 Å². The number of aliphatic imine (C=N–C) groups is 1. The van der Waals surface area contributed by atoms with Gasteiger partial charge in [0.15, 0.2) is 0 Å². The molecule has 0 spiro atoms. The van der Waals surface area contributed by atoms with Crippen LogP contribution >= 0.6 is 11.6 Å². The van der Waals surface area contributed by atoms with Crippen molar-refractivity contribution in [2.75, 3.05) is 0 Å². The molecular weight excluding hydrogens is 228 g/mol. The Bertz CT molecular complexity index is 571. The number of aryl methyl sites for hydroxylation is 1. The Morgan fingerprint density at radius 3 is 3.00 bits per heavy atom. The molecule has 4 nitrogen and oxygen atoms in total. The number of aromatic nitrogens is 1. The molecule has 0 aliphatic heterocycles. The average Bonchev–Trinajstić information content (AvgIpc) is 2.61. The minimum atomic E-state index is -0.0202.